The highest BCUT2D eigenvalue weighted by molar-refractivity contribution is 6.30. The van der Waals surface area contributed by atoms with Crippen LogP contribution in [0, 0.1) is 5.92 Å². The van der Waals surface area contributed by atoms with Gasteiger partial charge in [0.2, 0.25) is 11.9 Å². The molecule has 16 heavy (non-hydrogen) atoms. The number of nitrogens with zero attached hydrogens (tertiary/aromatic N) is 3. The largest absolute Gasteiger partial charge is 0.481 e. The minimum absolute atomic E-state index is 0.0126. The number of hydrogen-bond acceptors (Lipinski definition) is 4. The first-order valence-corrected chi connectivity index (χ1v) is 4.96. The molecule has 0 saturated carbocycles. The molecule has 0 aliphatic carbocycles. The van der Waals surface area contributed by atoms with Crippen LogP contribution in [-0.2, 0) is 9.59 Å². The van der Waals surface area contributed by atoms with E-state index in [1.54, 1.807) is 0 Å². The molecule has 1 aromatic rings. The Morgan fingerprint density at radius 3 is 2.62 bits per heavy atom. The number of aliphatic carboxylic acids is 1. The molecule has 0 radical (unpaired) electrons. The van der Waals surface area contributed by atoms with Gasteiger partial charge in [-0.1, -0.05) is 11.6 Å². The number of carboxylic acids is 1. The summed E-state index contributed by atoms with van der Waals surface area (Å²) >= 11 is 5.61. The lowest BCUT2D eigenvalue weighted by atomic mass is 10.1. The lowest BCUT2D eigenvalue weighted by Crippen LogP contribution is -2.27. The van der Waals surface area contributed by atoms with Crippen molar-refractivity contribution >= 4 is 29.4 Å². The monoisotopic (exact) mass is 241 g/mol. The molecule has 7 heteroatoms. The summed E-state index contributed by atoms with van der Waals surface area (Å²) in [6, 6.07) is 0. The van der Waals surface area contributed by atoms with Gasteiger partial charge in [0, 0.05) is 13.0 Å². The Balaban J connectivity index is 2.20. The summed E-state index contributed by atoms with van der Waals surface area (Å²) < 4.78 is 0. The van der Waals surface area contributed by atoms with Crippen molar-refractivity contribution in [2.45, 2.75) is 6.42 Å². The van der Waals surface area contributed by atoms with Crippen molar-refractivity contribution in [3.05, 3.63) is 17.4 Å². The first kappa shape index (κ1) is 10.8. The van der Waals surface area contributed by atoms with Crippen LogP contribution >= 0.6 is 11.6 Å². The lowest BCUT2D eigenvalue weighted by Gasteiger charge is -2.12. The number of amides is 1. The second-order valence-electron chi connectivity index (χ2n) is 3.44. The Bertz CT molecular complexity index is 434. The number of aromatic nitrogens is 2. The van der Waals surface area contributed by atoms with E-state index in [2.05, 4.69) is 9.97 Å². The van der Waals surface area contributed by atoms with Crippen molar-refractivity contribution in [2.75, 3.05) is 11.4 Å². The molecule has 2 heterocycles. The molecule has 1 unspecified atom stereocenters. The lowest BCUT2D eigenvalue weighted by molar-refractivity contribution is -0.141. The van der Waals surface area contributed by atoms with Crippen molar-refractivity contribution in [3.8, 4) is 0 Å². The highest BCUT2D eigenvalue weighted by Crippen LogP contribution is 2.22. The van der Waals surface area contributed by atoms with E-state index >= 15 is 0 Å². The third-order valence-corrected chi connectivity index (χ3v) is 2.52. The Morgan fingerprint density at radius 1 is 1.50 bits per heavy atom. The van der Waals surface area contributed by atoms with Crippen molar-refractivity contribution < 1.29 is 14.7 Å². The molecule has 1 aliphatic heterocycles. The Morgan fingerprint density at radius 2 is 2.12 bits per heavy atom. The molecule has 84 valence electrons. The van der Waals surface area contributed by atoms with Crippen LogP contribution in [0.5, 0.6) is 0 Å². The number of carbonyl (C=O) groups is 2. The molecule has 2 rings (SSSR count). The molecule has 0 spiro atoms. The van der Waals surface area contributed by atoms with Crippen LogP contribution in [0.3, 0.4) is 0 Å². The van der Waals surface area contributed by atoms with E-state index in [0.29, 0.717) is 5.02 Å². The summed E-state index contributed by atoms with van der Waals surface area (Å²) in [6.45, 7) is 0.107. The molecule has 6 nitrogen and oxygen atoms in total. The normalized spacial score (nSPS) is 20.2. The van der Waals surface area contributed by atoms with Gasteiger partial charge in [0.25, 0.3) is 0 Å². The van der Waals surface area contributed by atoms with Gasteiger partial charge in [-0.2, -0.15) is 0 Å². The van der Waals surface area contributed by atoms with E-state index in [1.807, 2.05) is 0 Å². The van der Waals surface area contributed by atoms with Crippen molar-refractivity contribution in [3.63, 3.8) is 0 Å². The summed E-state index contributed by atoms with van der Waals surface area (Å²) in [5.41, 5.74) is 0. The van der Waals surface area contributed by atoms with E-state index in [-0.39, 0.29) is 24.8 Å². The van der Waals surface area contributed by atoms with Crippen molar-refractivity contribution in [1.82, 2.24) is 9.97 Å². The van der Waals surface area contributed by atoms with Gasteiger partial charge in [-0.25, -0.2) is 9.97 Å². The van der Waals surface area contributed by atoms with Gasteiger partial charge in [0.05, 0.1) is 23.3 Å². The topological polar surface area (TPSA) is 83.4 Å². The maximum Gasteiger partial charge on any atom is 0.308 e. The minimum atomic E-state index is -0.982. The van der Waals surface area contributed by atoms with Gasteiger partial charge in [0.1, 0.15) is 0 Å². The standard InChI is InChI=1S/C9H8ClN3O3/c10-6-2-11-9(12-3-6)13-4-5(8(15)16)1-7(13)14/h2-3,5H,1,4H2,(H,15,16). The fourth-order valence-corrected chi connectivity index (χ4v) is 1.61. The number of carboxylic acid groups (broad SMARTS) is 1. The second-order valence-corrected chi connectivity index (χ2v) is 3.88. The molecule has 0 bridgehead atoms. The van der Waals surface area contributed by atoms with Crippen LogP contribution in [-0.4, -0.2) is 33.5 Å². The van der Waals surface area contributed by atoms with Crippen LogP contribution in [0.2, 0.25) is 5.02 Å². The van der Waals surface area contributed by atoms with Gasteiger partial charge in [-0.05, 0) is 0 Å². The third kappa shape index (κ3) is 1.96. The van der Waals surface area contributed by atoms with Crippen LogP contribution < -0.4 is 4.90 Å². The Hall–Kier alpha value is -1.69. The highest BCUT2D eigenvalue weighted by Gasteiger charge is 2.36. The van der Waals surface area contributed by atoms with E-state index < -0.39 is 11.9 Å². The predicted octanol–water partition coefficient (Wildman–Crippen LogP) is 0.567. The summed E-state index contributed by atoms with van der Waals surface area (Å²) in [7, 11) is 0. The number of carbonyl (C=O) groups excluding carboxylic acids is 1. The van der Waals surface area contributed by atoms with E-state index in [0.717, 1.165) is 0 Å². The number of anilines is 1. The maximum absolute atomic E-state index is 11.5. The van der Waals surface area contributed by atoms with Crippen LogP contribution in [0.25, 0.3) is 0 Å². The number of halogens is 1. The quantitative estimate of drug-likeness (QED) is 0.818. The van der Waals surface area contributed by atoms with Gasteiger partial charge in [-0.15, -0.1) is 0 Å². The first-order valence-electron chi connectivity index (χ1n) is 4.58. The molecule has 1 amide bonds. The maximum atomic E-state index is 11.5. The summed E-state index contributed by atoms with van der Waals surface area (Å²) in [6.07, 6.45) is 2.72. The van der Waals surface area contributed by atoms with Crippen molar-refractivity contribution in [1.29, 1.82) is 0 Å². The number of rotatable bonds is 2. The van der Waals surface area contributed by atoms with E-state index in [1.165, 1.54) is 17.3 Å². The third-order valence-electron chi connectivity index (χ3n) is 2.32. The molecule has 0 aromatic carbocycles. The zero-order valence-corrected chi connectivity index (χ0v) is 8.89. The molecule has 1 aromatic heterocycles. The van der Waals surface area contributed by atoms with Gasteiger partial charge >= 0.3 is 5.97 Å². The number of hydrogen-bond donors (Lipinski definition) is 1. The van der Waals surface area contributed by atoms with Crippen LogP contribution in [0.15, 0.2) is 12.4 Å². The molecule has 1 atom stereocenters. The van der Waals surface area contributed by atoms with Crippen LogP contribution in [0.4, 0.5) is 5.95 Å². The zero-order chi connectivity index (χ0) is 11.7. The average Bonchev–Trinajstić information content (AvgIpc) is 2.62. The minimum Gasteiger partial charge on any atom is -0.481 e. The van der Waals surface area contributed by atoms with E-state index in [9.17, 15) is 9.59 Å². The van der Waals surface area contributed by atoms with Gasteiger partial charge < -0.3 is 5.11 Å². The second kappa shape index (κ2) is 4.05. The fraction of sp³-hybridized carbons (Fsp3) is 0.333. The molecule has 1 fully saturated rings. The average molecular weight is 242 g/mol. The van der Waals surface area contributed by atoms with Crippen LogP contribution in [0.1, 0.15) is 6.42 Å². The summed E-state index contributed by atoms with van der Waals surface area (Å²) in [5, 5.41) is 9.16. The van der Waals surface area contributed by atoms with Gasteiger partial charge in [-0.3, -0.25) is 14.5 Å². The predicted molar refractivity (Wildman–Crippen MR) is 55.1 cm³/mol. The SMILES string of the molecule is O=C(O)C1CC(=O)N(c2ncc(Cl)cn2)C1. The van der Waals surface area contributed by atoms with E-state index in [4.69, 9.17) is 16.7 Å². The molecule has 1 saturated heterocycles. The molecule has 1 N–H and O–H groups in total. The Kier molecular flexibility index (Phi) is 2.74. The molecular formula is C9H8ClN3O3. The molecular weight excluding hydrogens is 234 g/mol. The fourth-order valence-electron chi connectivity index (χ4n) is 1.51. The van der Waals surface area contributed by atoms with Crippen molar-refractivity contribution in [2.24, 2.45) is 5.92 Å². The first-order chi connectivity index (χ1) is 7.58. The Labute approximate surface area is 95.9 Å². The highest BCUT2D eigenvalue weighted by atomic mass is 35.5. The van der Waals surface area contributed by atoms with Gasteiger partial charge in [0.15, 0.2) is 0 Å². The zero-order valence-electron chi connectivity index (χ0n) is 8.13. The smallest absolute Gasteiger partial charge is 0.308 e. The summed E-state index contributed by atoms with van der Waals surface area (Å²) in [5.74, 6) is -1.76. The summed E-state index contributed by atoms with van der Waals surface area (Å²) in [4.78, 5) is 31.3. The molecule has 1 aliphatic rings.